The Kier molecular flexibility index (Phi) is 2.74. The molecule has 3 rings (SSSR count). The lowest BCUT2D eigenvalue weighted by Crippen LogP contribution is -2.52. The minimum atomic E-state index is -0.873. The molecule has 4 nitrogen and oxygen atoms in total. The van der Waals surface area contributed by atoms with E-state index in [-0.39, 0.29) is 24.8 Å². The first-order valence-electron chi connectivity index (χ1n) is 5.76. The summed E-state index contributed by atoms with van der Waals surface area (Å²) in [6.45, 7) is 0.494. The number of fused-ring (bicyclic) bond motifs is 1. The van der Waals surface area contributed by atoms with Crippen molar-refractivity contribution < 1.29 is 19.1 Å². The molecule has 0 spiro atoms. The lowest BCUT2D eigenvalue weighted by Gasteiger charge is -2.36. The molecule has 6 heteroatoms. The molecule has 0 saturated carbocycles. The Morgan fingerprint density at radius 2 is 2.05 bits per heavy atom. The summed E-state index contributed by atoms with van der Waals surface area (Å²) in [4.78, 5) is 24.8. The van der Waals surface area contributed by atoms with E-state index >= 15 is 0 Å². The molecule has 0 bridgehead atoms. The van der Waals surface area contributed by atoms with Crippen LogP contribution < -0.4 is 0 Å². The number of hydrogen-bond acceptors (Lipinski definition) is 3. The van der Waals surface area contributed by atoms with Crippen molar-refractivity contribution in [2.75, 3.05) is 13.1 Å². The summed E-state index contributed by atoms with van der Waals surface area (Å²) in [5.41, 5.74) is 0. The summed E-state index contributed by atoms with van der Waals surface area (Å²) in [6, 6.07) is 6.10. The van der Waals surface area contributed by atoms with Crippen LogP contribution in [-0.2, 0) is 4.79 Å². The van der Waals surface area contributed by atoms with Gasteiger partial charge in [-0.2, -0.15) is 0 Å². The summed E-state index contributed by atoms with van der Waals surface area (Å²) >= 11 is 1.23. The van der Waals surface area contributed by atoms with Crippen LogP contribution in [0.5, 0.6) is 0 Å². The predicted octanol–water partition coefficient (Wildman–Crippen LogP) is 2.20. The molecular formula is C13H10FNO3S. The van der Waals surface area contributed by atoms with Crippen LogP contribution in [-0.4, -0.2) is 35.0 Å². The van der Waals surface area contributed by atoms with E-state index in [1.807, 2.05) is 0 Å². The summed E-state index contributed by atoms with van der Waals surface area (Å²) in [7, 11) is 0. The van der Waals surface area contributed by atoms with Gasteiger partial charge in [-0.1, -0.05) is 6.07 Å². The van der Waals surface area contributed by atoms with Crippen LogP contribution in [0, 0.1) is 11.7 Å². The fourth-order valence-corrected chi connectivity index (χ4v) is 3.12. The van der Waals surface area contributed by atoms with Crippen molar-refractivity contribution in [2.24, 2.45) is 5.92 Å². The summed E-state index contributed by atoms with van der Waals surface area (Å²) in [6.07, 6.45) is 0. The number of rotatable bonds is 2. The lowest BCUT2D eigenvalue weighted by molar-refractivity contribution is -0.146. The van der Waals surface area contributed by atoms with Crippen LogP contribution in [0.15, 0.2) is 24.3 Å². The first kappa shape index (κ1) is 12.1. The van der Waals surface area contributed by atoms with Gasteiger partial charge in [0.25, 0.3) is 5.91 Å². The highest BCUT2D eigenvalue weighted by Gasteiger charge is 2.36. The van der Waals surface area contributed by atoms with E-state index in [9.17, 15) is 14.0 Å². The van der Waals surface area contributed by atoms with Crippen molar-refractivity contribution >= 4 is 33.3 Å². The Morgan fingerprint density at radius 1 is 1.32 bits per heavy atom. The van der Waals surface area contributed by atoms with Gasteiger partial charge in [0.15, 0.2) is 0 Å². The SMILES string of the molecule is O=C(O)C1CN(C(=O)c2cc3ccc(F)cc3s2)C1. The molecule has 1 fully saturated rings. The molecule has 98 valence electrons. The second-order valence-electron chi connectivity index (χ2n) is 4.54. The first-order chi connectivity index (χ1) is 9.04. The molecule has 1 aliphatic heterocycles. The average Bonchev–Trinajstić information content (AvgIpc) is 2.68. The van der Waals surface area contributed by atoms with Crippen molar-refractivity contribution in [3.05, 3.63) is 35.0 Å². The molecule has 1 aromatic carbocycles. The van der Waals surface area contributed by atoms with Crippen LogP contribution in [0.1, 0.15) is 9.67 Å². The van der Waals surface area contributed by atoms with Crippen molar-refractivity contribution in [3.8, 4) is 0 Å². The highest BCUT2D eigenvalue weighted by molar-refractivity contribution is 7.20. The van der Waals surface area contributed by atoms with E-state index in [1.54, 1.807) is 12.1 Å². The number of amides is 1. The zero-order valence-electron chi connectivity index (χ0n) is 9.80. The fraction of sp³-hybridized carbons (Fsp3) is 0.231. The molecule has 2 heterocycles. The smallest absolute Gasteiger partial charge is 0.310 e. The molecule has 0 aliphatic carbocycles. The quantitative estimate of drug-likeness (QED) is 0.916. The van der Waals surface area contributed by atoms with E-state index in [0.29, 0.717) is 4.88 Å². The van der Waals surface area contributed by atoms with Crippen LogP contribution in [0.2, 0.25) is 0 Å². The maximum atomic E-state index is 13.1. The van der Waals surface area contributed by atoms with E-state index in [0.717, 1.165) is 10.1 Å². The molecule has 1 saturated heterocycles. The molecule has 1 N–H and O–H groups in total. The van der Waals surface area contributed by atoms with Gasteiger partial charge in [-0.3, -0.25) is 9.59 Å². The maximum absolute atomic E-state index is 13.1. The van der Waals surface area contributed by atoms with Gasteiger partial charge in [-0.05, 0) is 23.6 Å². The fourth-order valence-electron chi connectivity index (χ4n) is 2.07. The number of thiophene rings is 1. The number of carboxylic acids is 1. The Bertz CT molecular complexity index is 676. The monoisotopic (exact) mass is 279 g/mol. The summed E-state index contributed by atoms with van der Waals surface area (Å²) < 4.78 is 13.8. The third kappa shape index (κ3) is 2.08. The molecular weight excluding hydrogens is 269 g/mol. The molecule has 19 heavy (non-hydrogen) atoms. The first-order valence-corrected chi connectivity index (χ1v) is 6.57. The van der Waals surface area contributed by atoms with E-state index in [1.165, 1.54) is 28.4 Å². The zero-order chi connectivity index (χ0) is 13.6. The summed E-state index contributed by atoms with van der Waals surface area (Å²) in [5.74, 6) is -1.85. The van der Waals surface area contributed by atoms with Crippen molar-refractivity contribution in [1.82, 2.24) is 4.90 Å². The molecule has 1 aromatic heterocycles. The van der Waals surface area contributed by atoms with Crippen LogP contribution in [0.25, 0.3) is 10.1 Å². The normalized spacial score (nSPS) is 15.5. The molecule has 0 unspecified atom stereocenters. The van der Waals surface area contributed by atoms with Crippen LogP contribution in [0.3, 0.4) is 0 Å². The molecule has 2 aromatic rings. The number of likely N-dealkylation sites (tertiary alicyclic amines) is 1. The van der Waals surface area contributed by atoms with Crippen LogP contribution >= 0.6 is 11.3 Å². The summed E-state index contributed by atoms with van der Waals surface area (Å²) in [5, 5.41) is 9.60. The van der Waals surface area contributed by atoms with Gasteiger partial charge in [-0.15, -0.1) is 11.3 Å². The van der Waals surface area contributed by atoms with Gasteiger partial charge in [0, 0.05) is 17.8 Å². The number of nitrogens with zero attached hydrogens (tertiary/aromatic N) is 1. The number of hydrogen-bond donors (Lipinski definition) is 1. The second kappa shape index (κ2) is 4.31. The Labute approximate surface area is 112 Å². The average molecular weight is 279 g/mol. The zero-order valence-corrected chi connectivity index (χ0v) is 10.6. The number of carbonyl (C=O) groups is 2. The standard InChI is InChI=1S/C13H10FNO3S/c14-9-2-1-7-3-11(19-10(7)4-9)12(16)15-5-8(6-15)13(17)18/h1-4,8H,5-6H2,(H,17,18). The van der Waals surface area contributed by atoms with Gasteiger partial charge in [0.05, 0.1) is 10.8 Å². The Balaban J connectivity index is 1.81. The van der Waals surface area contributed by atoms with Crippen molar-refractivity contribution in [2.45, 2.75) is 0 Å². The highest BCUT2D eigenvalue weighted by Crippen LogP contribution is 2.29. The van der Waals surface area contributed by atoms with Gasteiger partial charge in [0.2, 0.25) is 0 Å². The maximum Gasteiger partial charge on any atom is 0.310 e. The molecule has 0 radical (unpaired) electrons. The van der Waals surface area contributed by atoms with Crippen molar-refractivity contribution in [1.29, 1.82) is 0 Å². The Hall–Kier alpha value is -1.95. The van der Waals surface area contributed by atoms with Crippen molar-refractivity contribution in [3.63, 3.8) is 0 Å². The molecule has 1 aliphatic rings. The minimum absolute atomic E-state index is 0.181. The topological polar surface area (TPSA) is 57.6 Å². The molecule has 1 amide bonds. The van der Waals surface area contributed by atoms with E-state index in [4.69, 9.17) is 5.11 Å². The van der Waals surface area contributed by atoms with Gasteiger partial charge < -0.3 is 10.0 Å². The molecule has 0 atom stereocenters. The number of carbonyl (C=O) groups excluding carboxylic acids is 1. The van der Waals surface area contributed by atoms with Gasteiger partial charge in [0.1, 0.15) is 5.82 Å². The highest BCUT2D eigenvalue weighted by atomic mass is 32.1. The minimum Gasteiger partial charge on any atom is -0.481 e. The van der Waals surface area contributed by atoms with Gasteiger partial charge in [-0.25, -0.2) is 4.39 Å². The number of carboxylic acid groups (broad SMARTS) is 1. The predicted molar refractivity (Wildman–Crippen MR) is 68.8 cm³/mol. The largest absolute Gasteiger partial charge is 0.481 e. The number of benzene rings is 1. The third-order valence-corrected chi connectivity index (χ3v) is 4.30. The number of aliphatic carboxylic acids is 1. The lowest BCUT2D eigenvalue weighted by atomic mass is 10.0. The van der Waals surface area contributed by atoms with Crippen LogP contribution in [0.4, 0.5) is 4.39 Å². The second-order valence-corrected chi connectivity index (χ2v) is 5.62. The Morgan fingerprint density at radius 3 is 2.74 bits per heavy atom. The third-order valence-electron chi connectivity index (χ3n) is 3.21. The number of halogens is 1. The van der Waals surface area contributed by atoms with Gasteiger partial charge >= 0.3 is 5.97 Å². The van der Waals surface area contributed by atoms with E-state index in [2.05, 4.69) is 0 Å². The van der Waals surface area contributed by atoms with E-state index < -0.39 is 11.9 Å².